The Labute approximate surface area is 181 Å². The van der Waals surface area contributed by atoms with Crippen molar-refractivity contribution in [1.29, 1.82) is 0 Å². The van der Waals surface area contributed by atoms with Crippen LogP contribution in [0, 0.1) is 40.4 Å². The second kappa shape index (κ2) is 11.2. The van der Waals surface area contributed by atoms with Gasteiger partial charge in [0.2, 0.25) is 0 Å². The first kappa shape index (κ1) is 25.0. The summed E-state index contributed by atoms with van der Waals surface area (Å²) >= 11 is 0. The quantitative estimate of drug-likeness (QED) is 0.515. The normalized spacial score (nSPS) is 10.6. The summed E-state index contributed by atoms with van der Waals surface area (Å²) in [6, 6.07) is 9.77. The fourth-order valence-corrected chi connectivity index (χ4v) is 3.08. The van der Waals surface area contributed by atoms with Gasteiger partial charge in [-0.1, -0.05) is 44.0 Å². The molecule has 0 aromatic heterocycles. The topological polar surface area (TPSA) is 24.1 Å². The zero-order chi connectivity index (χ0) is 23.0. The van der Waals surface area contributed by atoms with Crippen molar-refractivity contribution in [3.63, 3.8) is 0 Å². The van der Waals surface area contributed by atoms with Crippen molar-refractivity contribution in [3.05, 3.63) is 112 Å². The van der Waals surface area contributed by atoms with E-state index in [9.17, 15) is 4.39 Å². The highest BCUT2D eigenvalue weighted by Gasteiger charge is 2.10. The van der Waals surface area contributed by atoms with Crippen LogP contribution in [0.15, 0.2) is 73.1 Å². The van der Waals surface area contributed by atoms with Crippen LogP contribution in [-0.4, -0.2) is 7.05 Å². The summed E-state index contributed by atoms with van der Waals surface area (Å²) in [4.78, 5) is 0. The highest BCUT2D eigenvalue weighted by atomic mass is 19.1. The monoisotopic (exact) mass is 406 g/mol. The van der Waals surface area contributed by atoms with Crippen LogP contribution >= 0.6 is 0 Å². The molecule has 0 heterocycles. The van der Waals surface area contributed by atoms with E-state index in [-0.39, 0.29) is 5.82 Å². The predicted molar refractivity (Wildman–Crippen MR) is 130 cm³/mol. The molecular formula is C27H35FN2. The predicted octanol–water partition coefficient (Wildman–Crippen LogP) is 6.81. The molecule has 160 valence electrons. The molecule has 0 unspecified atom stereocenters. The van der Waals surface area contributed by atoms with Crippen molar-refractivity contribution in [2.75, 3.05) is 7.05 Å². The van der Waals surface area contributed by atoms with E-state index in [0.29, 0.717) is 0 Å². The van der Waals surface area contributed by atoms with Crippen molar-refractivity contribution >= 4 is 5.70 Å². The van der Waals surface area contributed by atoms with E-state index in [1.54, 1.807) is 13.0 Å². The summed E-state index contributed by atoms with van der Waals surface area (Å²) in [5, 5.41) is 6.36. The minimum absolute atomic E-state index is 0.0995. The van der Waals surface area contributed by atoms with Gasteiger partial charge in [0.25, 0.3) is 0 Å². The van der Waals surface area contributed by atoms with Gasteiger partial charge in [-0.15, -0.1) is 0 Å². The van der Waals surface area contributed by atoms with E-state index in [0.717, 1.165) is 44.8 Å². The second-order valence-corrected chi connectivity index (χ2v) is 7.66. The highest BCUT2D eigenvalue weighted by Crippen LogP contribution is 2.23. The average Bonchev–Trinajstić information content (AvgIpc) is 2.65. The van der Waals surface area contributed by atoms with Crippen molar-refractivity contribution in [2.45, 2.75) is 41.5 Å². The Morgan fingerprint density at radius 3 is 1.97 bits per heavy atom. The first-order valence-electron chi connectivity index (χ1n) is 9.98. The van der Waals surface area contributed by atoms with Gasteiger partial charge in [0.05, 0.1) is 5.70 Å². The summed E-state index contributed by atoms with van der Waals surface area (Å²) in [7, 11) is 1.86. The molecule has 2 aromatic rings. The number of aryl methyl sites for hydroxylation is 4. The zero-order valence-corrected chi connectivity index (χ0v) is 19.5. The maximum Gasteiger partial charge on any atom is 0.126 e. The molecule has 0 saturated carbocycles. The lowest BCUT2D eigenvalue weighted by atomic mass is 10.00. The van der Waals surface area contributed by atoms with Gasteiger partial charge in [0.1, 0.15) is 5.82 Å². The molecule has 2 N–H and O–H groups in total. The minimum Gasteiger partial charge on any atom is -0.392 e. The molecule has 0 spiro atoms. The SMILES string of the molecule is C=C(C)C(=C)/C(=C\NC)NC(=C)c1c(C)cccc1C.Cc1cc(C)c(C)c(F)c1. The first-order chi connectivity index (χ1) is 14.0. The van der Waals surface area contributed by atoms with Crippen molar-refractivity contribution < 1.29 is 4.39 Å². The number of nitrogens with one attached hydrogen (secondary N) is 2. The molecule has 3 heteroatoms. The van der Waals surface area contributed by atoms with E-state index in [2.05, 4.69) is 62.4 Å². The minimum atomic E-state index is -0.0995. The van der Waals surface area contributed by atoms with Crippen LogP contribution in [0.1, 0.15) is 40.3 Å². The fraction of sp³-hybridized carbons (Fsp3) is 0.259. The van der Waals surface area contributed by atoms with Crippen LogP contribution in [0.4, 0.5) is 4.39 Å². The van der Waals surface area contributed by atoms with Gasteiger partial charge < -0.3 is 10.6 Å². The average molecular weight is 407 g/mol. The lowest BCUT2D eigenvalue weighted by Gasteiger charge is -2.18. The van der Waals surface area contributed by atoms with Crippen LogP contribution < -0.4 is 10.6 Å². The maximum atomic E-state index is 12.8. The van der Waals surface area contributed by atoms with Crippen LogP contribution in [0.25, 0.3) is 5.70 Å². The van der Waals surface area contributed by atoms with Crippen molar-refractivity contribution in [2.24, 2.45) is 0 Å². The van der Waals surface area contributed by atoms with Crippen molar-refractivity contribution in [3.8, 4) is 0 Å². The molecule has 0 bridgehead atoms. The standard InChI is InChI=1S/C18H24N2.C9H11F/c1-12(2)15(5)17(11-19-7)20-16(6)18-13(3)9-8-10-14(18)4;1-6-4-7(2)8(3)9(10)5-6/h8-11,19-20H,1,5-6H2,2-4,7H3;4-5H,1-3H3/b17-11+;. The summed E-state index contributed by atoms with van der Waals surface area (Å²) < 4.78 is 12.8. The Balaban J connectivity index is 0.000000375. The van der Waals surface area contributed by atoms with Gasteiger partial charge in [-0.05, 0) is 86.6 Å². The van der Waals surface area contributed by atoms with Crippen molar-refractivity contribution in [1.82, 2.24) is 10.6 Å². The van der Waals surface area contributed by atoms with Gasteiger partial charge in [-0.3, -0.25) is 0 Å². The molecule has 0 amide bonds. The summed E-state index contributed by atoms with van der Waals surface area (Å²) in [5.74, 6) is -0.0995. The van der Waals surface area contributed by atoms with E-state index in [1.807, 2.05) is 40.1 Å². The number of benzene rings is 2. The third kappa shape index (κ3) is 6.77. The molecule has 2 nitrogen and oxygen atoms in total. The summed E-state index contributed by atoms with van der Waals surface area (Å²) in [6.07, 6.45) is 1.87. The number of hydrogen-bond acceptors (Lipinski definition) is 2. The third-order valence-electron chi connectivity index (χ3n) is 4.95. The molecule has 0 aliphatic heterocycles. The van der Waals surface area contributed by atoms with Gasteiger partial charge in [0.15, 0.2) is 0 Å². The zero-order valence-electron chi connectivity index (χ0n) is 19.5. The molecular weight excluding hydrogens is 371 g/mol. The van der Waals surface area contributed by atoms with Gasteiger partial charge >= 0.3 is 0 Å². The molecule has 0 aliphatic carbocycles. The Morgan fingerprint density at radius 2 is 1.50 bits per heavy atom. The van der Waals surface area contributed by atoms with E-state index >= 15 is 0 Å². The summed E-state index contributed by atoms with van der Waals surface area (Å²) in [6.45, 7) is 23.9. The Bertz CT molecular complexity index is 937. The number of hydrogen-bond donors (Lipinski definition) is 2. The molecule has 0 atom stereocenters. The van der Waals surface area contributed by atoms with Gasteiger partial charge in [-0.2, -0.15) is 0 Å². The highest BCUT2D eigenvalue weighted by molar-refractivity contribution is 5.70. The van der Waals surface area contributed by atoms with E-state index in [4.69, 9.17) is 0 Å². The molecule has 30 heavy (non-hydrogen) atoms. The number of rotatable bonds is 6. The number of allylic oxidation sites excluding steroid dienone is 1. The van der Waals surface area contributed by atoms with Crippen LogP contribution in [0.5, 0.6) is 0 Å². The lowest BCUT2D eigenvalue weighted by Crippen LogP contribution is -2.17. The Morgan fingerprint density at radius 1 is 0.933 bits per heavy atom. The Kier molecular flexibility index (Phi) is 9.32. The van der Waals surface area contributed by atoms with Crippen LogP contribution in [0.3, 0.4) is 0 Å². The largest absolute Gasteiger partial charge is 0.392 e. The van der Waals surface area contributed by atoms with Crippen LogP contribution in [0.2, 0.25) is 0 Å². The first-order valence-corrected chi connectivity index (χ1v) is 9.98. The van der Waals surface area contributed by atoms with Gasteiger partial charge in [-0.25, -0.2) is 4.39 Å². The Hall–Kier alpha value is -3.07. The second-order valence-electron chi connectivity index (χ2n) is 7.66. The third-order valence-corrected chi connectivity index (χ3v) is 4.95. The molecule has 2 rings (SSSR count). The smallest absolute Gasteiger partial charge is 0.126 e. The fourth-order valence-electron chi connectivity index (χ4n) is 3.08. The summed E-state index contributed by atoms with van der Waals surface area (Å²) in [5.41, 5.74) is 9.85. The molecule has 0 radical (unpaired) electrons. The molecule has 0 aliphatic rings. The molecule has 2 aromatic carbocycles. The van der Waals surface area contributed by atoms with E-state index in [1.165, 1.54) is 11.1 Å². The van der Waals surface area contributed by atoms with Gasteiger partial charge in [0, 0.05) is 24.5 Å². The maximum absolute atomic E-state index is 12.8. The molecule has 0 fully saturated rings. The van der Waals surface area contributed by atoms with E-state index < -0.39 is 0 Å². The number of halogens is 1. The lowest BCUT2D eigenvalue weighted by molar-refractivity contribution is 0.615. The van der Waals surface area contributed by atoms with Crippen LogP contribution in [-0.2, 0) is 0 Å². The molecule has 0 saturated heterocycles.